The number of hydrogen-bond acceptors (Lipinski definition) is 2. The van der Waals surface area contributed by atoms with E-state index in [1.54, 1.807) is 13.0 Å². The van der Waals surface area contributed by atoms with Crippen molar-refractivity contribution < 1.29 is 13.5 Å². The average Bonchev–Trinajstić information content (AvgIpc) is 2.37. The lowest BCUT2D eigenvalue weighted by atomic mass is 9.99. The molecule has 1 rings (SSSR count). The van der Waals surface area contributed by atoms with Gasteiger partial charge in [0.25, 0.3) is 0 Å². The predicted octanol–water partition coefficient (Wildman–Crippen LogP) is 3.63. The fourth-order valence-electron chi connectivity index (χ4n) is 1.84. The van der Waals surface area contributed by atoms with Crippen LogP contribution in [0.5, 0.6) is 0 Å². The van der Waals surface area contributed by atoms with Gasteiger partial charge in [-0.3, -0.25) is 0 Å². The maximum Gasteiger partial charge on any atom is 0.186 e. The lowest BCUT2D eigenvalue weighted by Gasteiger charge is -2.23. The van der Waals surface area contributed by atoms with Gasteiger partial charge in [-0.05, 0) is 51.8 Å². The molecule has 0 atom stereocenters. The molecule has 2 nitrogen and oxygen atoms in total. The van der Waals surface area contributed by atoms with Crippen LogP contribution in [-0.4, -0.2) is 19.7 Å². The molecule has 0 amide bonds. The van der Waals surface area contributed by atoms with Crippen molar-refractivity contribution in [1.82, 2.24) is 5.32 Å². The minimum atomic E-state index is -0.665. The van der Waals surface area contributed by atoms with E-state index in [-0.39, 0.29) is 5.76 Å². The van der Waals surface area contributed by atoms with Crippen LogP contribution in [0.2, 0.25) is 0 Å². The third-order valence-corrected chi connectivity index (χ3v) is 2.89. The molecule has 0 aromatic heterocycles. The molecule has 0 aromatic carbocycles. The average molecular weight is 257 g/mol. The monoisotopic (exact) mass is 257 g/mol. The standard InChI is InChI=1S/C14H21F2NO/c1-3-4-5-13(16)14(11(2)15)18-10-12-6-8-17-9-7-12/h3-5,12,17H,6-10H2,1-2H3/b4-3-,13-5+,14-11-. The van der Waals surface area contributed by atoms with E-state index >= 15 is 0 Å². The maximum atomic E-state index is 13.6. The van der Waals surface area contributed by atoms with Gasteiger partial charge in [0.2, 0.25) is 0 Å². The second-order valence-electron chi connectivity index (χ2n) is 4.41. The van der Waals surface area contributed by atoms with Crippen LogP contribution in [0, 0.1) is 5.92 Å². The van der Waals surface area contributed by atoms with E-state index in [0.29, 0.717) is 12.5 Å². The Hall–Kier alpha value is -1.16. The summed E-state index contributed by atoms with van der Waals surface area (Å²) in [6.45, 7) is 5.23. The van der Waals surface area contributed by atoms with Crippen molar-refractivity contribution in [3.05, 3.63) is 35.6 Å². The van der Waals surface area contributed by atoms with Gasteiger partial charge >= 0.3 is 0 Å². The van der Waals surface area contributed by atoms with Crippen LogP contribution in [0.3, 0.4) is 0 Å². The fraction of sp³-hybridized carbons (Fsp3) is 0.571. The number of piperidine rings is 1. The third kappa shape index (κ3) is 5.00. The summed E-state index contributed by atoms with van der Waals surface area (Å²) in [6, 6.07) is 0. The summed E-state index contributed by atoms with van der Waals surface area (Å²) < 4.78 is 32.2. The first-order chi connectivity index (χ1) is 8.65. The van der Waals surface area contributed by atoms with Gasteiger partial charge < -0.3 is 10.1 Å². The molecule has 1 aliphatic rings. The van der Waals surface area contributed by atoms with Gasteiger partial charge in [-0.25, -0.2) is 8.78 Å². The number of ether oxygens (including phenoxy) is 1. The largest absolute Gasteiger partial charge is 0.488 e. The minimum Gasteiger partial charge on any atom is -0.488 e. The summed E-state index contributed by atoms with van der Waals surface area (Å²) in [6.07, 6.45) is 6.38. The second kappa shape index (κ2) is 8.03. The van der Waals surface area contributed by atoms with Crippen LogP contribution in [0.1, 0.15) is 26.7 Å². The molecule has 1 aliphatic heterocycles. The maximum absolute atomic E-state index is 13.6. The highest BCUT2D eigenvalue weighted by molar-refractivity contribution is 5.25. The summed E-state index contributed by atoms with van der Waals surface area (Å²) in [4.78, 5) is 0. The van der Waals surface area contributed by atoms with Crippen molar-refractivity contribution in [3.8, 4) is 0 Å². The van der Waals surface area contributed by atoms with E-state index in [0.717, 1.165) is 25.9 Å². The Kier molecular flexibility index (Phi) is 6.65. The summed E-state index contributed by atoms with van der Waals surface area (Å²) in [5.74, 6) is -1.19. The van der Waals surface area contributed by atoms with E-state index < -0.39 is 11.7 Å². The number of nitrogens with one attached hydrogen (secondary N) is 1. The van der Waals surface area contributed by atoms with Crippen molar-refractivity contribution >= 4 is 0 Å². The number of halogens is 2. The highest BCUT2D eigenvalue weighted by Gasteiger charge is 2.17. The lowest BCUT2D eigenvalue weighted by molar-refractivity contribution is 0.138. The molecule has 0 saturated carbocycles. The predicted molar refractivity (Wildman–Crippen MR) is 69.4 cm³/mol. The second-order valence-corrected chi connectivity index (χ2v) is 4.41. The third-order valence-electron chi connectivity index (χ3n) is 2.89. The van der Waals surface area contributed by atoms with Crippen LogP contribution in [0.4, 0.5) is 8.78 Å². The van der Waals surface area contributed by atoms with E-state index in [1.807, 2.05) is 0 Å². The molecule has 1 heterocycles. The Labute approximate surface area is 107 Å². The molecule has 18 heavy (non-hydrogen) atoms. The first-order valence-electron chi connectivity index (χ1n) is 6.34. The zero-order valence-corrected chi connectivity index (χ0v) is 11.0. The molecular formula is C14H21F2NO. The highest BCUT2D eigenvalue weighted by Crippen LogP contribution is 2.22. The van der Waals surface area contributed by atoms with Gasteiger partial charge in [0, 0.05) is 0 Å². The van der Waals surface area contributed by atoms with Gasteiger partial charge in [-0.2, -0.15) is 0 Å². The summed E-state index contributed by atoms with van der Waals surface area (Å²) in [5, 5.41) is 3.24. The summed E-state index contributed by atoms with van der Waals surface area (Å²) in [5.41, 5.74) is 0. The molecular weight excluding hydrogens is 236 g/mol. The van der Waals surface area contributed by atoms with Crippen LogP contribution >= 0.6 is 0 Å². The molecule has 102 valence electrons. The first kappa shape index (κ1) is 14.9. The molecule has 0 spiro atoms. The van der Waals surface area contributed by atoms with E-state index in [9.17, 15) is 8.78 Å². The van der Waals surface area contributed by atoms with Gasteiger partial charge in [0.15, 0.2) is 11.6 Å². The molecule has 1 N–H and O–H groups in total. The van der Waals surface area contributed by atoms with E-state index in [1.165, 1.54) is 19.1 Å². The normalized spacial score (nSPS) is 20.1. The summed E-state index contributed by atoms with van der Waals surface area (Å²) >= 11 is 0. The fourth-order valence-corrected chi connectivity index (χ4v) is 1.84. The Morgan fingerprint density at radius 1 is 1.33 bits per heavy atom. The highest BCUT2D eigenvalue weighted by atomic mass is 19.1. The van der Waals surface area contributed by atoms with Crippen LogP contribution in [0.15, 0.2) is 35.6 Å². The van der Waals surface area contributed by atoms with Crippen LogP contribution in [-0.2, 0) is 4.74 Å². The van der Waals surface area contributed by atoms with Gasteiger partial charge in [-0.15, -0.1) is 0 Å². The number of rotatable bonds is 5. The van der Waals surface area contributed by atoms with Crippen LogP contribution in [0.25, 0.3) is 0 Å². The molecule has 0 aromatic rings. The van der Waals surface area contributed by atoms with Crippen molar-refractivity contribution in [2.24, 2.45) is 5.92 Å². The van der Waals surface area contributed by atoms with Gasteiger partial charge in [0.05, 0.1) is 6.61 Å². The topological polar surface area (TPSA) is 21.3 Å². The Bertz CT molecular complexity index is 338. The van der Waals surface area contributed by atoms with E-state index in [4.69, 9.17) is 4.74 Å². The van der Waals surface area contributed by atoms with E-state index in [2.05, 4.69) is 5.32 Å². The Morgan fingerprint density at radius 3 is 2.56 bits per heavy atom. The molecule has 0 radical (unpaired) electrons. The van der Waals surface area contributed by atoms with Gasteiger partial charge in [-0.1, -0.05) is 12.2 Å². The Balaban J connectivity index is 2.56. The van der Waals surface area contributed by atoms with Gasteiger partial charge in [0.1, 0.15) is 5.83 Å². The van der Waals surface area contributed by atoms with Crippen molar-refractivity contribution in [2.75, 3.05) is 19.7 Å². The summed E-state index contributed by atoms with van der Waals surface area (Å²) in [7, 11) is 0. The first-order valence-corrected chi connectivity index (χ1v) is 6.34. The zero-order valence-electron chi connectivity index (χ0n) is 11.0. The van der Waals surface area contributed by atoms with Crippen LogP contribution < -0.4 is 5.32 Å². The quantitative estimate of drug-likeness (QED) is 0.600. The molecule has 0 bridgehead atoms. The number of allylic oxidation sites excluding steroid dienone is 5. The smallest absolute Gasteiger partial charge is 0.186 e. The minimum absolute atomic E-state index is 0.272. The lowest BCUT2D eigenvalue weighted by Crippen LogP contribution is -2.29. The zero-order chi connectivity index (χ0) is 13.4. The molecule has 4 heteroatoms. The SMILES string of the molecule is C\C=C/C=C(F)\C(OCC1CCNCC1)=C(/C)F. The van der Waals surface area contributed by atoms with Crippen molar-refractivity contribution in [3.63, 3.8) is 0 Å². The van der Waals surface area contributed by atoms with Crippen molar-refractivity contribution in [2.45, 2.75) is 26.7 Å². The molecule has 1 fully saturated rings. The Morgan fingerprint density at radius 2 is 2.00 bits per heavy atom. The molecule has 0 unspecified atom stereocenters. The van der Waals surface area contributed by atoms with Crippen molar-refractivity contribution in [1.29, 1.82) is 0 Å². The molecule has 1 saturated heterocycles. The number of hydrogen-bond donors (Lipinski definition) is 1. The molecule has 0 aliphatic carbocycles.